The van der Waals surface area contributed by atoms with E-state index >= 15 is 4.39 Å². The number of aromatic nitrogens is 2. The van der Waals surface area contributed by atoms with Gasteiger partial charge in [0.05, 0.1) is 17.0 Å². The van der Waals surface area contributed by atoms with Crippen LogP contribution >= 0.6 is 0 Å². The summed E-state index contributed by atoms with van der Waals surface area (Å²) in [4.78, 5) is 33.8. The molecule has 2 fully saturated rings. The van der Waals surface area contributed by atoms with Crippen LogP contribution in [0.25, 0.3) is 0 Å². The van der Waals surface area contributed by atoms with E-state index in [9.17, 15) is 9.59 Å². The summed E-state index contributed by atoms with van der Waals surface area (Å²) in [6, 6.07) is 12.3. The van der Waals surface area contributed by atoms with Crippen molar-refractivity contribution < 1.29 is 18.7 Å². The number of benzene rings is 2. The molecular formula is C33H37FN5O4S+. The first-order valence-electron chi connectivity index (χ1n) is 15.2. The number of carbonyl (C=O) groups is 1. The summed E-state index contributed by atoms with van der Waals surface area (Å²) in [5.41, 5.74) is 1.38. The van der Waals surface area contributed by atoms with E-state index in [1.165, 1.54) is 18.3 Å². The van der Waals surface area contributed by atoms with Crippen LogP contribution in [0, 0.1) is 11.7 Å². The van der Waals surface area contributed by atoms with Gasteiger partial charge in [-0.15, -0.1) is 4.99 Å². The van der Waals surface area contributed by atoms with E-state index in [0.717, 1.165) is 67.6 Å². The minimum atomic E-state index is -0.664. The van der Waals surface area contributed by atoms with Gasteiger partial charge in [-0.2, -0.15) is 5.10 Å². The smallest absolute Gasteiger partial charge is 0.337 e. The van der Waals surface area contributed by atoms with E-state index in [1.54, 1.807) is 17.4 Å². The van der Waals surface area contributed by atoms with E-state index < -0.39 is 11.7 Å². The SMILES string of the molecule is CC(C)C1=NC(c2ccc(Oc3cc(C(=O)NC4CCN(C5CCOCC5)CC4)c(F)cc3Cc3ccn[nH]c3=O)cc2)=[S+]1. The van der Waals surface area contributed by atoms with Gasteiger partial charge in [-0.05, 0) is 68.1 Å². The first-order chi connectivity index (χ1) is 21.3. The van der Waals surface area contributed by atoms with Crippen LogP contribution in [0.3, 0.4) is 0 Å². The maximum atomic E-state index is 15.5. The number of hydrogen-bond donors (Lipinski definition) is 2. The molecule has 230 valence electrons. The molecule has 1 amide bonds. The molecule has 1 aromatic heterocycles. The van der Waals surface area contributed by atoms with Gasteiger partial charge in [-0.3, -0.25) is 9.59 Å². The Bertz CT molecular complexity index is 1620. The van der Waals surface area contributed by atoms with E-state index in [0.29, 0.717) is 34.6 Å². The van der Waals surface area contributed by atoms with Crippen LogP contribution in [-0.2, 0) is 22.5 Å². The molecule has 2 aromatic carbocycles. The molecule has 11 heteroatoms. The molecule has 9 nitrogen and oxygen atoms in total. The Hall–Kier alpha value is -3.80. The molecule has 0 bridgehead atoms. The van der Waals surface area contributed by atoms with Gasteiger partial charge in [-0.25, -0.2) is 9.49 Å². The third-order valence-electron chi connectivity index (χ3n) is 8.39. The van der Waals surface area contributed by atoms with Crippen molar-refractivity contribution in [2.75, 3.05) is 26.3 Å². The van der Waals surface area contributed by atoms with Gasteiger partial charge in [0.1, 0.15) is 17.3 Å². The van der Waals surface area contributed by atoms with Gasteiger partial charge in [0.25, 0.3) is 22.8 Å². The van der Waals surface area contributed by atoms with Crippen LogP contribution in [0.15, 0.2) is 58.4 Å². The Morgan fingerprint density at radius 1 is 1.11 bits per heavy atom. The number of H-pyrrole nitrogens is 1. The number of rotatable bonds is 9. The van der Waals surface area contributed by atoms with Crippen LogP contribution in [0.1, 0.15) is 66.6 Å². The number of ether oxygens (including phenoxy) is 2. The van der Waals surface area contributed by atoms with Gasteiger partial charge in [0, 0.05) is 62.1 Å². The molecule has 2 N–H and O–H groups in total. The lowest BCUT2D eigenvalue weighted by atomic mass is 9.99. The molecule has 0 aliphatic carbocycles. The fraction of sp³-hybridized carbons (Fsp3) is 0.424. The molecule has 44 heavy (non-hydrogen) atoms. The summed E-state index contributed by atoms with van der Waals surface area (Å²) in [7, 11) is 0. The first kappa shape index (κ1) is 30.2. The Balaban J connectivity index is 1.19. The van der Waals surface area contributed by atoms with Crippen molar-refractivity contribution in [3.8, 4) is 11.5 Å². The minimum Gasteiger partial charge on any atom is -0.457 e. The maximum Gasteiger partial charge on any atom is 0.337 e. The van der Waals surface area contributed by atoms with Crippen molar-refractivity contribution in [2.24, 2.45) is 10.9 Å². The summed E-state index contributed by atoms with van der Waals surface area (Å²) in [6.07, 6.45) is 5.28. The molecule has 0 saturated carbocycles. The topological polar surface area (TPSA) is 109 Å². The van der Waals surface area contributed by atoms with Gasteiger partial charge in [-0.1, -0.05) is 13.8 Å². The van der Waals surface area contributed by atoms with E-state index in [1.807, 2.05) is 24.3 Å². The zero-order valence-electron chi connectivity index (χ0n) is 25.0. The number of piperidine rings is 1. The van der Waals surface area contributed by atoms with Gasteiger partial charge in [0.2, 0.25) is 0 Å². The standard InChI is InChI=1S/C33H36FN5O4S/c1-20(2)32-37-33(44-32)21-3-5-26(6-4-21)43-29-19-27(28(34)18-23(29)17-22-7-12-35-38-30(22)40)31(41)36-24-8-13-39(14-9-24)25-10-15-42-16-11-25/h3-7,12,18-20,24-25H,8-11,13-17H2,1-2H3,(H-,36,38,40,41)/p+1. The fourth-order valence-corrected chi connectivity index (χ4v) is 6.64. The third-order valence-corrected chi connectivity index (χ3v) is 9.68. The zero-order valence-corrected chi connectivity index (χ0v) is 25.8. The van der Waals surface area contributed by atoms with Crippen LogP contribution in [0.2, 0.25) is 0 Å². The van der Waals surface area contributed by atoms with Crippen molar-refractivity contribution >= 4 is 27.3 Å². The van der Waals surface area contributed by atoms with Crippen molar-refractivity contribution in [3.05, 3.63) is 87.1 Å². The normalized spacial score (nSPS) is 18.0. The van der Waals surface area contributed by atoms with Crippen molar-refractivity contribution in [2.45, 2.75) is 58.0 Å². The summed E-state index contributed by atoms with van der Waals surface area (Å²) < 4.78 is 27.2. The number of aliphatic imine (C=N–C) groups is 1. The number of nitrogens with zero attached hydrogens (tertiary/aromatic N) is 3. The number of amides is 1. The predicted molar refractivity (Wildman–Crippen MR) is 170 cm³/mol. The van der Waals surface area contributed by atoms with Crippen LogP contribution in [-0.4, -0.2) is 69.4 Å². The molecule has 0 spiro atoms. The van der Waals surface area contributed by atoms with E-state index in [-0.39, 0.29) is 23.6 Å². The highest BCUT2D eigenvalue weighted by atomic mass is 32.1. The molecule has 3 aliphatic rings. The molecule has 3 aliphatic heterocycles. The fourth-order valence-electron chi connectivity index (χ4n) is 5.81. The quantitative estimate of drug-likeness (QED) is 0.274. The Morgan fingerprint density at radius 3 is 2.52 bits per heavy atom. The molecule has 2 saturated heterocycles. The lowest BCUT2D eigenvalue weighted by Gasteiger charge is -2.39. The number of carbonyl (C=O) groups excluding carboxylic acids is 1. The number of nitrogens with one attached hydrogen (secondary N) is 2. The molecule has 0 unspecified atom stereocenters. The van der Waals surface area contributed by atoms with Gasteiger partial charge >= 0.3 is 10.0 Å². The summed E-state index contributed by atoms with van der Waals surface area (Å²) in [5.74, 6) is 0.0863. The van der Waals surface area contributed by atoms with Gasteiger partial charge < -0.3 is 19.7 Å². The Kier molecular flexibility index (Phi) is 9.25. The van der Waals surface area contributed by atoms with Crippen LogP contribution < -0.4 is 15.6 Å². The highest BCUT2D eigenvalue weighted by molar-refractivity contribution is 7.97. The summed E-state index contributed by atoms with van der Waals surface area (Å²) in [6.45, 7) is 7.61. The number of hydrogen-bond acceptors (Lipinski definition) is 7. The lowest BCUT2D eigenvalue weighted by molar-refractivity contribution is 0.0238. The summed E-state index contributed by atoms with van der Waals surface area (Å²) >= 11 is 1.67. The minimum absolute atomic E-state index is 0.0364. The van der Waals surface area contributed by atoms with Crippen molar-refractivity contribution in [3.63, 3.8) is 0 Å². The monoisotopic (exact) mass is 618 g/mol. The first-order valence-corrected chi connectivity index (χ1v) is 16.0. The lowest BCUT2D eigenvalue weighted by Crippen LogP contribution is -2.49. The average molecular weight is 619 g/mol. The third kappa shape index (κ3) is 6.95. The average Bonchev–Trinajstić information content (AvgIpc) is 3.00. The predicted octanol–water partition coefficient (Wildman–Crippen LogP) is 4.29. The zero-order chi connectivity index (χ0) is 30.6. The second-order valence-electron chi connectivity index (χ2n) is 11.8. The van der Waals surface area contributed by atoms with Crippen LogP contribution in [0.5, 0.6) is 11.5 Å². The second-order valence-corrected chi connectivity index (χ2v) is 12.8. The molecule has 0 atom stereocenters. The van der Waals surface area contributed by atoms with E-state index in [4.69, 9.17) is 9.47 Å². The highest BCUT2D eigenvalue weighted by Crippen LogP contribution is 2.31. The number of halogens is 1. The number of aromatic amines is 1. The molecule has 4 heterocycles. The summed E-state index contributed by atoms with van der Waals surface area (Å²) in [5, 5.41) is 10.3. The molecule has 6 rings (SSSR count). The number of likely N-dealkylation sites (tertiary alicyclic amines) is 1. The Labute approximate surface area is 259 Å². The Morgan fingerprint density at radius 2 is 1.84 bits per heavy atom. The largest absolute Gasteiger partial charge is 0.457 e. The second kappa shape index (κ2) is 13.5. The molecular weight excluding hydrogens is 581 g/mol. The molecule has 0 radical (unpaired) electrons. The van der Waals surface area contributed by atoms with Crippen molar-refractivity contribution in [1.29, 1.82) is 0 Å². The van der Waals surface area contributed by atoms with Crippen molar-refractivity contribution in [1.82, 2.24) is 20.4 Å². The highest BCUT2D eigenvalue weighted by Gasteiger charge is 2.32. The van der Waals surface area contributed by atoms with E-state index in [2.05, 4.69) is 39.3 Å². The molecule has 3 aromatic rings. The maximum absolute atomic E-state index is 15.5. The van der Waals surface area contributed by atoms with Crippen LogP contribution in [0.4, 0.5) is 4.39 Å². The van der Waals surface area contributed by atoms with Gasteiger partial charge in [0.15, 0.2) is 0 Å².